The predicted molar refractivity (Wildman–Crippen MR) is 80.0 cm³/mol. The van der Waals surface area contributed by atoms with E-state index in [4.69, 9.17) is 11.6 Å². The molecule has 0 spiro atoms. The molecule has 2 aliphatic heterocycles. The van der Waals surface area contributed by atoms with E-state index in [1.165, 1.54) is 16.4 Å². The van der Waals surface area contributed by atoms with Gasteiger partial charge in [-0.3, -0.25) is 4.79 Å². The van der Waals surface area contributed by atoms with Gasteiger partial charge in [0.15, 0.2) is 0 Å². The number of halogens is 1. The van der Waals surface area contributed by atoms with E-state index < -0.39 is 10.0 Å². The first-order chi connectivity index (χ1) is 9.89. The summed E-state index contributed by atoms with van der Waals surface area (Å²) < 4.78 is 27.1. The molecule has 3 rings (SSSR count). The number of carbonyl (C=O) groups is 1. The minimum Gasteiger partial charge on any atom is -0.325 e. The summed E-state index contributed by atoms with van der Waals surface area (Å²) in [5.41, 5.74) is 1.27. The zero-order valence-electron chi connectivity index (χ0n) is 11.5. The number of piperazine rings is 1. The minimum absolute atomic E-state index is 0.0770. The van der Waals surface area contributed by atoms with Gasteiger partial charge in [0.25, 0.3) is 0 Å². The number of hydrogen-bond donors (Lipinski definition) is 2. The third kappa shape index (κ3) is 2.55. The number of benzene rings is 1. The third-order valence-corrected chi connectivity index (χ3v) is 6.29. The largest absolute Gasteiger partial charge is 0.325 e. The molecule has 1 aromatic rings. The van der Waals surface area contributed by atoms with Gasteiger partial charge in [-0.1, -0.05) is 11.6 Å². The molecule has 114 valence electrons. The molecule has 1 saturated heterocycles. The van der Waals surface area contributed by atoms with Crippen molar-refractivity contribution in [1.82, 2.24) is 9.62 Å². The van der Waals surface area contributed by atoms with Crippen LogP contribution in [-0.2, 0) is 21.2 Å². The lowest BCUT2D eigenvalue weighted by atomic mass is 10.2. The lowest BCUT2D eigenvalue weighted by Gasteiger charge is -2.33. The van der Waals surface area contributed by atoms with Crippen molar-refractivity contribution in [1.29, 1.82) is 0 Å². The van der Waals surface area contributed by atoms with Crippen LogP contribution in [0.2, 0.25) is 5.02 Å². The Morgan fingerprint density at radius 3 is 2.86 bits per heavy atom. The zero-order chi connectivity index (χ0) is 15.2. The van der Waals surface area contributed by atoms with E-state index >= 15 is 0 Å². The van der Waals surface area contributed by atoms with Crippen molar-refractivity contribution in [2.24, 2.45) is 0 Å². The van der Waals surface area contributed by atoms with E-state index in [0.29, 0.717) is 30.9 Å². The first-order valence-electron chi connectivity index (χ1n) is 6.74. The SMILES string of the molecule is C[C@H]1CNCCN1S(=O)(=O)c1cc2c(cc1Cl)NC(=O)C2. The second-order valence-corrected chi connectivity index (χ2v) is 7.60. The van der Waals surface area contributed by atoms with Crippen molar-refractivity contribution in [3.63, 3.8) is 0 Å². The lowest BCUT2D eigenvalue weighted by molar-refractivity contribution is -0.115. The van der Waals surface area contributed by atoms with Gasteiger partial charge < -0.3 is 10.6 Å². The van der Waals surface area contributed by atoms with E-state index in [-0.39, 0.29) is 28.3 Å². The van der Waals surface area contributed by atoms with Gasteiger partial charge in [0.1, 0.15) is 4.90 Å². The van der Waals surface area contributed by atoms with Gasteiger partial charge in [0, 0.05) is 31.4 Å². The smallest absolute Gasteiger partial charge is 0.244 e. The first kappa shape index (κ1) is 14.8. The van der Waals surface area contributed by atoms with E-state index in [2.05, 4.69) is 10.6 Å². The van der Waals surface area contributed by atoms with Crippen LogP contribution in [0.4, 0.5) is 5.69 Å². The fourth-order valence-electron chi connectivity index (χ4n) is 2.73. The highest BCUT2D eigenvalue weighted by atomic mass is 35.5. The number of fused-ring (bicyclic) bond motifs is 1. The Kier molecular flexibility index (Phi) is 3.69. The third-order valence-electron chi connectivity index (χ3n) is 3.81. The number of nitrogens with one attached hydrogen (secondary N) is 2. The Balaban J connectivity index is 2.03. The highest BCUT2D eigenvalue weighted by Crippen LogP contribution is 2.34. The van der Waals surface area contributed by atoms with Gasteiger partial charge in [-0.2, -0.15) is 4.31 Å². The molecule has 0 radical (unpaired) electrons. The van der Waals surface area contributed by atoms with Gasteiger partial charge in [0.2, 0.25) is 15.9 Å². The van der Waals surface area contributed by atoms with E-state index in [9.17, 15) is 13.2 Å². The average molecular weight is 330 g/mol. The average Bonchev–Trinajstić information content (AvgIpc) is 2.77. The van der Waals surface area contributed by atoms with Gasteiger partial charge in [-0.05, 0) is 24.6 Å². The molecular weight excluding hydrogens is 314 g/mol. The van der Waals surface area contributed by atoms with E-state index in [1.54, 1.807) is 0 Å². The van der Waals surface area contributed by atoms with Crippen LogP contribution in [0.1, 0.15) is 12.5 Å². The summed E-state index contributed by atoms with van der Waals surface area (Å²) in [6.07, 6.45) is 0.187. The molecule has 0 aromatic heterocycles. The Labute approximate surface area is 128 Å². The number of amides is 1. The fourth-order valence-corrected chi connectivity index (χ4v) is 4.91. The molecule has 2 aliphatic rings. The van der Waals surface area contributed by atoms with Crippen LogP contribution in [0.15, 0.2) is 17.0 Å². The number of nitrogens with zero attached hydrogens (tertiary/aromatic N) is 1. The number of rotatable bonds is 2. The zero-order valence-corrected chi connectivity index (χ0v) is 13.1. The quantitative estimate of drug-likeness (QED) is 0.842. The monoisotopic (exact) mass is 329 g/mol. The standard InChI is InChI=1S/C13H16ClN3O3S/c1-8-7-15-2-3-17(8)21(19,20)12-4-9-5-13(18)16-11(9)6-10(12)14/h4,6,8,15H,2-3,5,7H2,1H3,(H,16,18)/t8-/m0/s1. The summed E-state index contributed by atoms with van der Waals surface area (Å²) in [5.74, 6) is -0.147. The molecule has 21 heavy (non-hydrogen) atoms. The van der Waals surface area contributed by atoms with Gasteiger partial charge in [0.05, 0.1) is 11.4 Å². The Hall–Kier alpha value is -1.15. The summed E-state index contributed by atoms with van der Waals surface area (Å²) in [7, 11) is -3.66. The van der Waals surface area contributed by atoms with E-state index in [0.717, 1.165) is 0 Å². The highest BCUT2D eigenvalue weighted by molar-refractivity contribution is 7.89. The van der Waals surface area contributed by atoms with Crippen molar-refractivity contribution >= 4 is 33.2 Å². The molecule has 0 saturated carbocycles. The van der Waals surface area contributed by atoms with Gasteiger partial charge in [-0.15, -0.1) is 0 Å². The van der Waals surface area contributed by atoms with Crippen molar-refractivity contribution in [3.8, 4) is 0 Å². The van der Waals surface area contributed by atoms with Crippen LogP contribution in [-0.4, -0.2) is 44.3 Å². The lowest BCUT2D eigenvalue weighted by Crippen LogP contribution is -2.52. The predicted octanol–water partition coefficient (Wildman–Crippen LogP) is 0.817. The van der Waals surface area contributed by atoms with Gasteiger partial charge in [-0.25, -0.2) is 8.42 Å². The van der Waals surface area contributed by atoms with Crippen LogP contribution in [0.25, 0.3) is 0 Å². The second kappa shape index (κ2) is 5.24. The summed E-state index contributed by atoms with van der Waals surface area (Å²) >= 11 is 6.13. The molecule has 6 nitrogen and oxygen atoms in total. The maximum Gasteiger partial charge on any atom is 0.244 e. The molecule has 0 aliphatic carbocycles. The van der Waals surface area contributed by atoms with Crippen LogP contribution >= 0.6 is 11.6 Å². The first-order valence-corrected chi connectivity index (χ1v) is 8.56. The van der Waals surface area contributed by atoms with Gasteiger partial charge >= 0.3 is 0 Å². The Bertz CT molecular complexity index is 705. The topological polar surface area (TPSA) is 78.5 Å². The van der Waals surface area contributed by atoms with Crippen molar-refractivity contribution in [2.45, 2.75) is 24.3 Å². The fraction of sp³-hybridized carbons (Fsp3) is 0.462. The normalized spacial score (nSPS) is 23.0. The maximum absolute atomic E-state index is 12.8. The maximum atomic E-state index is 12.8. The number of carbonyl (C=O) groups excluding carboxylic acids is 1. The van der Waals surface area contributed by atoms with Crippen molar-refractivity contribution < 1.29 is 13.2 Å². The Morgan fingerprint density at radius 2 is 2.14 bits per heavy atom. The van der Waals surface area contributed by atoms with Crippen molar-refractivity contribution in [3.05, 3.63) is 22.7 Å². The number of anilines is 1. The number of sulfonamides is 1. The molecule has 0 bridgehead atoms. The molecule has 2 N–H and O–H groups in total. The van der Waals surface area contributed by atoms with Crippen LogP contribution in [0.5, 0.6) is 0 Å². The molecule has 2 heterocycles. The van der Waals surface area contributed by atoms with Crippen LogP contribution < -0.4 is 10.6 Å². The summed E-state index contributed by atoms with van der Waals surface area (Å²) in [5, 5.41) is 5.96. The van der Waals surface area contributed by atoms with Crippen LogP contribution in [0.3, 0.4) is 0 Å². The summed E-state index contributed by atoms with van der Waals surface area (Å²) in [6.45, 7) is 3.50. The molecule has 8 heteroatoms. The molecule has 1 amide bonds. The second-order valence-electron chi connectivity index (χ2n) is 5.33. The molecule has 1 aromatic carbocycles. The highest BCUT2D eigenvalue weighted by Gasteiger charge is 2.33. The molecular formula is C13H16ClN3O3S. The van der Waals surface area contributed by atoms with Crippen molar-refractivity contribution in [2.75, 3.05) is 25.0 Å². The Morgan fingerprint density at radius 1 is 1.38 bits per heavy atom. The molecule has 0 unspecified atom stereocenters. The molecule has 1 atom stereocenters. The molecule has 1 fully saturated rings. The minimum atomic E-state index is -3.66. The summed E-state index contributed by atoms with van der Waals surface area (Å²) in [6, 6.07) is 2.90. The summed E-state index contributed by atoms with van der Waals surface area (Å²) in [4.78, 5) is 11.5. The number of hydrogen-bond acceptors (Lipinski definition) is 4. The van der Waals surface area contributed by atoms with Crippen LogP contribution in [0, 0.1) is 0 Å². The van der Waals surface area contributed by atoms with E-state index in [1.807, 2.05) is 6.92 Å².